The van der Waals surface area contributed by atoms with Crippen LogP contribution in [-0.4, -0.2) is 38.4 Å². The van der Waals surface area contributed by atoms with Gasteiger partial charge in [0.1, 0.15) is 11.5 Å². The molecule has 6 nitrogen and oxygen atoms in total. The smallest absolute Gasteiger partial charge is 0.375 e. The fourth-order valence-corrected chi connectivity index (χ4v) is 3.87. The summed E-state index contributed by atoms with van der Waals surface area (Å²) in [6.45, 7) is 3.22. The van der Waals surface area contributed by atoms with Crippen molar-refractivity contribution in [3.05, 3.63) is 77.5 Å². The molecule has 2 atom stereocenters. The lowest BCUT2D eigenvalue weighted by Gasteiger charge is -2.26. The van der Waals surface area contributed by atoms with E-state index in [0.29, 0.717) is 11.2 Å². The van der Waals surface area contributed by atoms with Crippen LogP contribution >= 0.6 is 0 Å². The van der Waals surface area contributed by atoms with Gasteiger partial charge in [-0.25, -0.2) is 9.07 Å². The van der Waals surface area contributed by atoms with Crippen molar-refractivity contribution in [1.29, 1.82) is 0 Å². The fourth-order valence-electron chi connectivity index (χ4n) is 3.87. The fraction of sp³-hybridized carbons (Fsp3) is 0.320. The number of pyridine rings is 1. The first-order valence-corrected chi connectivity index (χ1v) is 11.0. The minimum absolute atomic E-state index is 0.123. The molecule has 35 heavy (non-hydrogen) atoms. The first-order chi connectivity index (χ1) is 16.6. The maximum absolute atomic E-state index is 13.5. The van der Waals surface area contributed by atoms with Crippen LogP contribution in [0.3, 0.4) is 0 Å². The molecule has 0 radical (unpaired) electrons. The van der Waals surface area contributed by atoms with Crippen molar-refractivity contribution in [2.24, 2.45) is 0 Å². The third kappa shape index (κ3) is 4.76. The molecule has 0 aliphatic heterocycles. The molecule has 0 bridgehead atoms. The summed E-state index contributed by atoms with van der Waals surface area (Å²) in [6, 6.07) is 13.5. The number of ether oxygens (including phenoxy) is 1. The zero-order valence-electron chi connectivity index (χ0n) is 19.3. The van der Waals surface area contributed by atoms with E-state index in [2.05, 4.69) is 10.3 Å². The summed E-state index contributed by atoms with van der Waals surface area (Å²) in [5.74, 6) is -0.340. The number of aliphatic hydroxyl groups is 1. The second-order valence-electron chi connectivity index (χ2n) is 8.34. The molecule has 184 valence electrons. The average Bonchev–Trinajstić information content (AvgIpc) is 3.30. The maximum atomic E-state index is 13.5. The van der Waals surface area contributed by atoms with Crippen molar-refractivity contribution in [1.82, 2.24) is 20.0 Å². The molecular weight excluding hydrogens is 464 g/mol. The molecule has 4 aromatic rings. The summed E-state index contributed by atoms with van der Waals surface area (Å²) in [7, 11) is 1.57. The second-order valence-corrected chi connectivity index (χ2v) is 8.34. The molecule has 1 N–H and O–H groups in total. The largest absolute Gasteiger partial charge is 0.423 e. The van der Waals surface area contributed by atoms with E-state index < -0.39 is 23.9 Å². The van der Waals surface area contributed by atoms with Gasteiger partial charge in [0.15, 0.2) is 0 Å². The SMILES string of the molecule is CC[C@](O)(c1cn(Cc2ccc3c(-c4ccc(F)cc4)cc(C(C)OC)nc3c2)nn1)C(F)(F)F. The zero-order chi connectivity index (χ0) is 25.4. The van der Waals surface area contributed by atoms with Crippen molar-refractivity contribution in [2.45, 2.75) is 44.7 Å². The number of aromatic nitrogens is 4. The Labute approximate surface area is 199 Å². The lowest BCUT2D eigenvalue weighted by Crippen LogP contribution is -2.42. The Kier molecular flexibility index (Phi) is 6.61. The van der Waals surface area contributed by atoms with Gasteiger partial charge >= 0.3 is 6.18 Å². The number of hydrogen-bond donors (Lipinski definition) is 1. The molecule has 2 heterocycles. The number of benzene rings is 2. The Morgan fingerprint density at radius 1 is 1.09 bits per heavy atom. The highest BCUT2D eigenvalue weighted by Crippen LogP contribution is 2.40. The molecule has 2 aromatic carbocycles. The van der Waals surface area contributed by atoms with Gasteiger partial charge in [-0.15, -0.1) is 5.10 Å². The van der Waals surface area contributed by atoms with Crippen LogP contribution in [-0.2, 0) is 16.9 Å². The van der Waals surface area contributed by atoms with E-state index in [4.69, 9.17) is 9.72 Å². The molecule has 0 amide bonds. The van der Waals surface area contributed by atoms with Crippen molar-refractivity contribution < 1.29 is 27.4 Å². The van der Waals surface area contributed by atoms with Crippen LogP contribution in [0.4, 0.5) is 17.6 Å². The molecule has 0 saturated heterocycles. The van der Waals surface area contributed by atoms with Crippen LogP contribution in [0, 0.1) is 5.82 Å². The van der Waals surface area contributed by atoms with E-state index in [1.165, 1.54) is 23.7 Å². The Balaban J connectivity index is 1.73. The highest BCUT2D eigenvalue weighted by Gasteiger charge is 2.55. The number of alkyl halides is 3. The molecule has 2 aromatic heterocycles. The van der Waals surface area contributed by atoms with Gasteiger partial charge in [-0.2, -0.15) is 13.2 Å². The van der Waals surface area contributed by atoms with Gasteiger partial charge in [-0.1, -0.05) is 36.4 Å². The molecule has 0 fully saturated rings. The Hall–Kier alpha value is -3.37. The summed E-state index contributed by atoms with van der Waals surface area (Å²) >= 11 is 0. The van der Waals surface area contributed by atoms with Crippen LogP contribution in [0.2, 0.25) is 0 Å². The van der Waals surface area contributed by atoms with Gasteiger partial charge in [0.05, 0.1) is 30.1 Å². The average molecular weight is 488 g/mol. The Morgan fingerprint density at radius 3 is 2.43 bits per heavy atom. The Morgan fingerprint density at radius 2 is 1.80 bits per heavy atom. The van der Waals surface area contributed by atoms with Crippen LogP contribution in [0.25, 0.3) is 22.0 Å². The highest BCUT2D eigenvalue weighted by molar-refractivity contribution is 5.95. The monoisotopic (exact) mass is 488 g/mol. The van der Waals surface area contributed by atoms with Gasteiger partial charge in [-0.3, -0.25) is 4.98 Å². The standard InChI is InChI=1S/C25H24F4N4O2/c1-4-24(34,25(27,28)29)23-14-33(32-31-23)13-16-5-10-19-20(17-6-8-18(26)9-7-17)12-21(15(2)35-3)30-22(19)11-16/h5-12,14-15,34H,4,13H2,1-3H3/t15?,24-/m0/s1. The van der Waals surface area contributed by atoms with E-state index in [1.807, 2.05) is 31.2 Å². The van der Waals surface area contributed by atoms with Crippen LogP contribution < -0.4 is 0 Å². The maximum Gasteiger partial charge on any atom is 0.423 e. The van der Waals surface area contributed by atoms with Gasteiger partial charge in [0, 0.05) is 12.5 Å². The van der Waals surface area contributed by atoms with E-state index in [0.717, 1.165) is 28.3 Å². The van der Waals surface area contributed by atoms with Gasteiger partial charge in [0.2, 0.25) is 5.60 Å². The number of rotatable bonds is 7. The lowest BCUT2D eigenvalue weighted by molar-refractivity contribution is -0.269. The minimum atomic E-state index is -4.87. The predicted octanol–water partition coefficient (Wildman–Crippen LogP) is 5.55. The van der Waals surface area contributed by atoms with Crippen molar-refractivity contribution in [3.63, 3.8) is 0 Å². The number of fused-ring (bicyclic) bond motifs is 1. The first kappa shape index (κ1) is 24.7. The van der Waals surface area contributed by atoms with Crippen LogP contribution in [0.5, 0.6) is 0 Å². The zero-order valence-corrected chi connectivity index (χ0v) is 19.3. The van der Waals surface area contributed by atoms with E-state index in [1.54, 1.807) is 19.2 Å². The summed E-state index contributed by atoms with van der Waals surface area (Å²) in [4.78, 5) is 4.71. The van der Waals surface area contributed by atoms with Crippen LogP contribution in [0.15, 0.2) is 54.7 Å². The van der Waals surface area contributed by atoms with Crippen molar-refractivity contribution in [3.8, 4) is 11.1 Å². The summed E-state index contributed by atoms with van der Waals surface area (Å²) in [5.41, 5.74) is 0.0825. The number of halogens is 4. The molecule has 10 heteroatoms. The summed E-state index contributed by atoms with van der Waals surface area (Å²) in [5, 5.41) is 18.3. The minimum Gasteiger partial charge on any atom is -0.375 e. The van der Waals surface area contributed by atoms with E-state index >= 15 is 0 Å². The van der Waals surface area contributed by atoms with E-state index in [9.17, 15) is 22.7 Å². The van der Waals surface area contributed by atoms with Crippen molar-refractivity contribution >= 4 is 10.9 Å². The molecular formula is C25H24F4N4O2. The van der Waals surface area contributed by atoms with E-state index in [-0.39, 0.29) is 18.5 Å². The van der Waals surface area contributed by atoms with Crippen LogP contribution in [0.1, 0.15) is 43.3 Å². The topological polar surface area (TPSA) is 73.1 Å². The third-order valence-corrected chi connectivity index (χ3v) is 6.11. The predicted molar refractivity (Wildman–Crippen MR) is 122 cm³/mol. The second kappa shape index (κ2) is 9.35. The normalized spacial score (nSPS) is 14.7. The highest BCUT2D eigenvalue weighted by atomic mass is 19.4. The van der Waals surface area contributed by atoms with Gasteiger partial charge in [-0.05, 0) is 54.3 Å². The number of hydrogen-bond acceptors (Lipinski definition) is 5. The molecule has 0 aliphatic carbocycles. The molecule has 0 saturated carbocycles. The quantitative estimate of drug-likeness (QED) is 0.346. The lowest BCUT2D eigenvalue weighted by atomic mass is 9.96. The number of methoxy groups -OCH3 is 1. The molecule has 0 spiro atoms. The Bertz CT molecular complexity index is 1340. The molecule has 4 rings (SSSR count). The number of nitrogens with zero attached hydrogens (tertiary/aromatic N) is 4. The first-order valence-electron chi connectivity index (χ1n) is 11.0. The third-order valence-electron chi connectivity index (χ3n) is 6.11. The van der Waals surface area contributed by atoms with Crippen molar-refractivity contribution in [2.75, 3.05) is 7.11 Å². The van der Waals surface area contributed by atoms with Gasteiger partial charge in [0.25, 0.3) is 0 Å². The summed E-state index contributed by atoms with van der Waals surface area (Å²) < 4.78 is 60.3. The summed E-state index contributed by atoms with van der Waals surface area (Å²) in [6.07, 6.45) is -4.65. The molecule has 0 aliphatic rings. The molecule has 1 unspecified atom stereocenters. The van der Waals surface area contributed by atoms with Gasteiger partial charge < -0.3 is 9.84 Å².